The van der Waals surface area contributed by atoms with E-state index in [1.165, 1.54) is 23.1 Å². The fourth-order valence-corrected chi connectivity index (χ4v) is 2.57. The van der Waals surface area contributed by atoms with Gasteiger partial charge in [-0.15, -0.1) is 10.2 Å². The number of benzene rings is 1. The molecule has 0 aliphatic carbocycles. The molecule has 17 heavy (non-hydrogen) atoms. The molecule has 0 aliphatic heterocycles. The number of carbonyl (C=O) groups excluding carboxylic acids is 1. The number of nitrogens with zero attached hydrogens (tertiary/aromatic N) is 2. The van der Waals surface area contributed by atoms with Crippen LogP contribution in [-0.2, 0) is 4.79 Å². The van der Waals surface area contributed by atoms with E-state index in [9.17, 15) is 4.79 Å². The lowest BCUT2D eigenvalue weighted by atomic mass is 10.3. The van der Waals surface area contributed by atoms with Gasteiger partial charge in [-0.05, 0) is 12.1 Å². The largest absolute Gasteiger partial charge is 0.324 e. The summed E-state index contributed by atoms with van der Waals surface area (Å²) < 4.78 is 0.777. The van der Waals surface area contributed by atoms with Crippen LogP contribution in [0.25, 0.3) is 0 Å². The van der Waals surface area contributed by atoms with E-state index in [2.05, 4.69) is 15.5 Å². The minimum absolute atomic E-state index is 0.113. The van der Waals surface area contributed by atoms with Crippen molar-refractivity contribution in [3.05, 3.63) is 34.8 Å². The Hall–Kier alpha value is -1.11. The second-order valence-corrected chi connectivity index (χ2v) is 5.48. The van der Waals surface area contributed by atoms with Gasteiger partial charge >= 0.3 is 0 Å². The zero-order chi connectivity index (χ0) is 12.1. The zero-order valence-electron chi connectivity index (χ0n) is 8.59. The predicted octanol–water partition coefficient (Wildman–Crippen LogP) is 2.92. The highest BCUT2D eigenvalue weighted by Crippen LogP contribution is 2.22. The number of para-hydroxylation sites is 1. The van der Waals surface area contributed by atoms with E-state index in [1.807, 2.05) is 12.1 Å². The van der Waals surface area contributed by atoms with Gasteiger partial charge in [-0.25, -0.2) is 0 Å². The Bertz CT molecular complexity index is 504. The Labute approximate surface area is 111 Å². The van der Waals surface area contributed by atoms with Gasteiger partial charge in [0.1, 0.15) is 5.51 Å². The van der Waals surface area contributed by atoms with Crippen LogP contribution in [0.1, 0.15) is 0 Å². The van der Waals surface area contributed by atoms with Gasteiger partial charge in [0.15, 0.2) is 4.34 Å². The molecule has 1 N–H and O–H groups in total. The van der Waals surface area contributed by atoms with Crippen LogP contribution >= 0.6 is 34.7 Å². The molecule has 0 spiro atoms. The molecule has 0 atom stereocenters. The summed E-state index contributed by atoms with van der Waals surface area (Å²) in [6.07, 6.45) is 0. The lowest BCUT2D eigenvalue weighted by Gasteiger charge is -2.05. The monoisotopic (exact) mass is 285 g/mol. The number of nitrogens with one attached hydrogen (secondary N) is 1. The molecule has 0 unspecified atom stereocenters. The maximum absolute atomic E-state index is 11.6. The Morgan fingerprint density at radius 2 is 2.29 bits per heavy atom. The van der Waals surface area contributed by atoms with Gasteiger partial charge in [0, 0.05) is 0 Å². The van der Waals surface area contributed by atoms with E-state index in [1.54, 1.807) is 17.6 Å². The summed E-state index contributed by atoms with van der Waals surface area (Å²) in [6.45, 7) is 0. The third-order valence-electron chi connectivity index (χ3n) is 1.81. The average molecular weight is 286 g/mol. The van der Waals surface area contributed by atoms with Crippen LogP contribution in [0.5, 0.6) is 0 Å². The second kappa shape index (κ2) is 6.00. The van der Waals surface area contributed by atoms with Gasteiger partial charge in [0.25, 0.3) is 0 Å². The molecule has 2 rings (SSSR count). The summed E-state index contributed by atoms with van der Waals surface area (Å²) in [6, 6.07) is 7.12. The molecule has 1 aromatic carbocycles. The minimum Gasteiger partial charge on any atom is -0.324 e. The number of hydrogen-bond donors (Lipinski definition) is 1. The molecule has 1 heterocycles. The van der Waals surface area contributed by atoms with Crippen LogP contribution in [0, 0.1) is 0 Å². The smallest absolute Gasteiger partial charge is 0.234 e. The molecule has 7 heteroatoms. The van der Waals surface area contributed by atoms with Gasteiger partial charge in [-0.1, -0.05) is 46.8 Å². The van der Waals surface area contributed by atoms with Crippen LogP contribution in [-0.4, -0.2) is 21.9 Å². The first kappa shape index (κ1) is 12.3. The van der Waals surface area contributed by atoms with Crippen molar-refractivity contribution in [2.24, 2.45) is 0 Å². The maximum Gasteiger partial charge on any atom is 0.234 e. The van der Waals surface area contributed by atoms with Crippen molar-refractivity contribution >= 4 is 46.3 Å². The molecule has 4 nitrogen and oxygen atoms in total. The predicted molar refractivity (Wildman–Crippen MR) is 70.7 cm³/mol. The van der Waals surface area contributed by atoms with Crippen molar-refractivity contribution < 1.29 is 4.79 Å². The van der Waals surface area contributed by atoms with Crippen LogP contribution in [0.3, 0.4) is 0 Å². The third kappa shape index (κ3) is 3.69. The number of thioether (sulfide) groups is 1. The number of anilines is 1. The highest BCUT2D eigenvalue weighted by molar-refractivity contribution is 8.01. The Kier molecular flexibility index (Phi) is 4.36. The third-order valence-corrected chi connectivity index (χ3v) is 4.00. The summed E-state index contributed by atoms with van der Waals surface area (Å²) in [4.78, 5) is 11.6. The zero-order valence-corrected chi connectivity index (χ0v) is 11.0. The lowest BCUT2D eigenvalue weighted by molar-refractivity contribution is -0.113. The first-order valence-electron chi connectivity index (χ1n) is 4.69. The number of amides is 1. The first-order chi connectivity index (χ1) is 8.25. The van der Waals surface area contributed by atoms with Crippen LogP contribution in [0.2, 0.25) is 5.02 Å². The molecule has 0 fully saturated rings. The topological polar surface area (TPSA) is 54.9 Å². The molecule has 1 aromatic heterocycles. The molecule has 88 valence electrons. The van der Waals surface area contributed by atoms with Crippen molar-refractivity contribution in [2.45, 2.75) is 4.34 Å². The van der Waals surface area contributed by atoms with Gasteiger partial charge in [0.05, 0.1) is 16.5 Å². The molecule has 1 amide bonds. The number of aromatic nitrogens is 2. The second-order valence-electron chi connectivity index (χ2n) is 3.02. The molecular weight excluding hydrogens is 278 g/mol. The van der Waals surface area contributed by atoms with Gasteiger partial charge in [-0.2, -0.15) is 0 Å². The standard InChI is InChI=1S/C10H8ClN3OS2/c11-7-3-1-2-4-8(7)13-9(15)5-16-10-14-12-6-17-10/h1-4,6H,5H2,(H,13,15). The molecular formula is C10H8ClN3OS2. The average Bonchev–Trinajstić information content (AvgIpc) is 2.82. The Balaban J connectivity index is 1.87. The molecule has 0 saturated carbocycles. The molecule has 0 saturated heterocycles. The number of rotatable bonds is 4. The van der Waals surface area contributed by atoms with Crippen molar-refractivity contribution in [3.63, 3.8) is 0 Å². The Morgan fingerprint density at radius 3 is 3.00 bits per heavy atom. The van der Waals surface area contributed by atoms with Crippen molar-refractivity contribution in [2.75, 3.05) is 11.1 Å². The summed E-state index contributed by atoms with van der Waals surface area (Å²) >= 11 is 8.69. The molecule has 0 aliphatic rings. The van der Waals surface area contributed by atoms with E-state index < -0.39 is 0 Å². The van der Waals surface area contributed by atoms with E-state index in [0.717, 1.165) is 4.34 Å². The van der Waals surface area contributed by atoms with E-state index in [0.29, 0.717) is 16.5 Å². The SMILES string of the molecule is O=C(CSc1nncs1)Nc1ccccc1Cl. The number of halogens is 1. The van der Waals surface area contributed by atoms with Gasteiger partial charge in [-0.3, -0.25) is 4.79 Å². The highest BCUT2D eigenvalue weighted by atomic mass is 35.5. The molecule has 2 aromatic rings. The maximum atomic E-state index is 11.6. The fourth-order valence-electron chi connectivity index (χ4n) is 1.10. The van der Waals surface area contributed by atoms with Gasteiger partial charge < -0.3 is 5.32 Å². The normalized spacial score (nSPS) is 10.2. The highest BCUT2D eigenvalue weighted by Gasteiger charge is 2.07. The van der Waals surface area contributed by atoms with E-state index >= 15 is 0 Å². The van der Waals surface area contributed by atoms with Crippen LogP contribution in [0.15, 0.2) is 34.1 Å². The Morgan fingerprint density at radius 1 is 1.47 bits per heavy atom. The van der Waals surface area contributed by atoms with E-state index in [4.69, 9.17) is 11.6 Å². The van der Waals surface area contributed by atoms with Crippen LogP contribution in [0.4, 0.5) is 5.69 Å². The first-order valence-corrected chi connectivity index (χ1v) is 6.93. The van der Waals surface area contributed by atoms with Crippen molar-refractivity contribution in [3.8, 4) is 0 Å². The fraction of sp³-hybridized carbons (Fsp3) is 0.100. The summed E-state index contributed by atoms with van der Waals surface area (Å²) in [5.41, 5.74) is 2.26. The molecule has 0 bridgehead atoms. The quantitative estimate of drug-likeness (QED) is 0.878. The summed E-state index contributed by atoms with van der Waals surface area (Å²) in [5.74, 6) is 0.179. The number of carbonyl (C=O) groups is 1. The van der Waals surface area contributed by atoms with Crippen molar-refractivity contribution in [1.29, 1.82) is 0 Å². The van der Waals surface area contributed by atoms with Crippen LogP contribution < -0.4 is 5.32 Å². The lowest BCUT2D eigenvalue weighted by Crippen LogP contribution is -2.14. The minimum atomic E-state index is -0.113. The summed E-state index contributed by atoms with van der Waals surface area (Å²) in [7, 11) is 0. The van der Waals surface area contributed by atoms with Gasteiger partial charge in [0.2, 0.25) is 5.91 Å². The van der Waals surface area contributed by atoms with E-state index in [-0.39, 0.29) is 5.91 Å². The molecule has 0 radical (unpaired) electrons. The number of hydrogen-bond acceptors (Lipinski definition) is 5. The summed E-state index contributed by atoms with van der Waals surface area (Å²) in [5, 5.41) is 10.8. The van der Waals surface area contributed by atoms with Crippen molar-refractivity contribution in [1.82, 2.24) is 10.2 Å².